The van der Waals surface area contributed by atoms with E-state index in [2.05, 4.69) is 64.8 Å². The minimum Gasteiger partial charge on any atom is -0.344 e. The molecular formula is C20H23N3. The molecule has 1 aliphatic rings. The van der Waals surface area contributed by atoms with Crippen molar-refractivity contribution in [1.29, 1.82) is 0 Å². The number of nitrogens with zero attached hydrogens (tertiary/aromatic N) is 3. The fourth-order valence-electron chi connectivity index (χ4n) is 3.72. The van der Waals surface area contributed by atoms with Crippen molar-refractivity contribution in [3.05, 3.63) is 65.6 Å². The first kappa shape index (κ1) is 14.5. The molecule has 2 aromatic heterocycles. The van der Waals surface area contributed by atoms with Gasteiger partial charge in [0.15, 0.2) is 0 Å². The molecule has 1 unspecified atom stereocenters. The maximum absolute atomic E-state index is 4.12. The minimum atomic E-state index is 0.603. The fourth-order valence-corrected chi connectivity index (χ4v) is 3.72. The maximum atomic E-state index is 4.12. The van der Waals surface area contributed by atoms with E-state index in [1.165, 1.54) is 27.7 Å². The summed E-state index contributed by atoms with van der Waals surface area (Å²) in [4.78, 5) is 6.58. The summed E-state index contributed by atoms with van der Waals surface area (Å²) < 4.78 is 2.55. The molecule has 0 aliphatic carbocycles. The van der Waals surface area contributed by atoms with Crippen LogP contribution in [0.2, 0.25) is 0 Å². The lowest BCUT2D eigenvalue weighted by molar-refractivity contribution is 0.228. The van der Waals surface area contributed by atoms with Crippen molar-refractivity contribution in [3.63, 3.8) is 0 Å². The van der Waals surface area contributed by atoms with Gasteiger partial charge < -0.3 is 4.57 Å². The summed E-state index contributed by atoms with van der Waals surface area (Å²) in [5.74, 6) is 0. The molecule has 1 aliphatic heterocycles. The highest BCUT2D eigenvalue weighted by atomic mass is 15.1. The average Bonchev–Trinajstić information content (AvgIpc) is 2.88. The summed E-state index contributed by atoms with van der Waals surface area (Å²) in [6.45, 7) is 4.42. The molecule has 1 aromatic carbocycles. The van der Waals surface area contributed by atoms with Gasteiger partial charge in [0.1, 0.15) is 0 Å². The maximum Gasteiger partial charge on any atom is 0.0486 e. The zero-order valence-corrected chi connectivity index (χ0v) is 13.9. The number of para-hydroxylation sites is 1. The smallest absolute Gasteiger partial charge is 0.0486 e. The van der Waals surface area contributed by atoms with Crippen LogP contribution in [0.3, 0.4) is 0 Å². The van der Waals surface area contributed by atoms with Crippen LogP contribution in [-0.2, 0) is 25.9 Å². The second kappa shape index (κ2) is 5.82. The van der Waals surface area contributed by atoms with Crippen LogP contribution < -0.4 is 0 Å². The predicted octanol–water partition coefficient (Wildman–Crippen LogP) is 3.66. The van der Waals surface area contributed by atoms with Gasteiger partial charge >= 0.3 is 0 Å². The summed E-state index contributed by atoms with van der Waals surface area (Å²) in [5.41, 5.74) is 5.79. The van der Waals surface area contributed by atoms with Crippen LogP contribution in [0.25, 0.3) is 10.9 Å². The van der Waals surface area contributed by atoms with E-state index < -0.39 is 0 Å². The summed E-state index contributed by atoms with van der Waals surface area (Å²) in [6, 6.07) is 13.7. The number of rotatable bonds is 3. The van der Waals surface area contributed by atoms with Crippen molar-refractivity contribution in [2.45, 2.75) is 38.9 Å². The Hall–Kier alpha value is -2.13. The molecule has 23 heavy (non-hydrogen) atoms. The van der Waals surface area contributed by atoms with Crippen molar-refractivity contribution in [1.82, 2.24) is 14.5 Å². The van der Waals surface area contributed by atoms with Crippen LogP contribution in [0, 0.1) is 0 Å². The van der Waals surface area contributed by atoms with Crippen molar-refractivity contribution in [2.75, 3.05) is 7.05 Å². The topological polar surface area (TPSA) is 21.1 Å². The van der Waals surface area contributed by atoms with Crippen LogP contribution >= 0.6 is 0 Å². The Morgan fingerprint density at radius 1 is 1.13 bits per heavy atom. The molecular weight excluding hydrogens is 282 g/mol. The molecule has 0 N–H and O–H groups in total. The summed E-state index contributed by atoms with van der Waals surface area (Å²) in [6.07, 6.45) is 5.96. The minimum absolute atomic E-state index is 0.603. The van der Waals surface area contributed by atoms with Crippen molar-refractivity contribution in [2.24, 2.45) is 0 Å². The van der Waals surface area contributed by atoms with Crippen LogP contribution in [0.4, 0.5) is 0 Å². The van der Waals surface area contributed by atoms with E-state index in [1.807, 2.05) is 12.4 Å². The molecule has 0 radical (unpaired) electrons. The van der Waals surface area contributed by atoms with Crippen LogP contribution in [-0.4, -0.2) is 27.5 Å². The number of hydrogen-bond donors (Lipinski definition) is 0. The molecule has 1 atom stereocenters. The Morgan fingerprint density at radius 2 is 1.91 bits per heavy atom. The molecule has 0 saturated heterocycles. The van der Waals surface area contributed by atoms with E-state index in [-0.39, 0.29) is 0 Å². The second-order valence-corrected chi connectivity index (χ2v) is 6.67. The van der Waals surface area contributed by atoms with Gasteiger partial charge in [-0.3, -0.25) is 9.88 Å². The quantitative estimate of drug-likeness (QED) is 0.736. The number of pyridine rings is 1. The first-order chi connectivity index (χ1) is 11.2. The van der Waals surface area contributed by atoms with Gasteiger partial charge in [-0.15, -0.1) is 0 Å². The first-order valence-electron chi connectivity index (χ1n) is 8.42. The van der Waals surface area contributed by atoms with Crippen molar-refractivity contribution in [3.8, 4) is 0 Å². The van der Waals surface area contributed by atoms with Crippen molar-refractivity contribution >= 4 is 10.9 Å². The van der Waals surface area contributed by atoms with Crippen LogP contribution in [0.15, 0.2) is 48.8 Å². The lowest BCUT2D eigenvalue weighted by atomic mass is 10.00. The van der Waals surface area contributed by atoms with Crippen LogP contribution in [0.1, 0.15) is 23.7 Å². The highest BCUT2D eigenvalue weighted by Gasteiger charge is 2.26. The summed E-state index contributed by atoms with van der Waals surface area (Å²) in [5, 5.41) is 1.43. The van der Waals surface area contributed by atoms with Gasteiger partial charge in [-0.2, -0.15) is 0 Å². The largest absolute Gasteiger partial charge is 0.344 e. The van der Waals surface area contributed by atoms with Gasteiger partial charge in [-0.25, -0.2) is 0 Å². The molecule has 0 spiro atoms. The zero-order chi connectivity index (χ0) is 15.8. The number of aromatic nitrogens is 2. The Labute approximate surface area is 137 Å². The van der Waals surface area contributed by atoms with Gasteiger partial charge in [0.05, 0.1) is 0 Å². The van der Waals surface area contributed by atoms with E-state index in [0.717, 1.165) is 25.9 Å². The molecule has 0 fully saturated rings. The van der Waals surface area contributed by atoms with Crippen molar-refractivity contribution < 1.29 is 0 Å². The normalized spacial score (nSPS) is 18.3. The van der Waals surface area contributed by atoms with Gasteiger partial charge in [0, 0.05) is 54.5 Å². The lowest BCUT2D eigenvalue weighted by Crippen LogP contribution is -2.35. The highest BCUT2D eigenvalue weighted by Crippen LogP contribution is 2.32. The van der Waals surface area contributed by atoms with E-state index in [1.54, 1.807) is 0 Å². The zero-order valence-electron chi connectivity index (χ0n) is 13.9. The fraction of sp³-hybridized carbons (Fsp3) is 0.350. The molecule has 4 rings (SSSR count). The van der Waals surface area contributed by atoms with E-state index in [9.17, 15) is 0 Å². The molecule has 0 bridgehead atoms. The molecule has 3 aromatic rings. The summed E-state index contributed by atoms with van der Waals surface area (Å²) >= 11 is 0. The first-order valence-corrected chi connectivity index (χ1v) is 8.42. The molecule has 0 amide bonds. The van der Waals surface area contributed by atoms with E-state index in [0.29, 0.717) is 6.04 Å². The molecule has 3 heteroatoms. The number of benzene rings is 1. The Balaban J connectivity index is 1.75. The average molecular weight is 305 g/mol. The van der Waals surface area contributed by atoms with Gasteiger partial charge in [0.2, 0.25) is 0 Å². The third-order valence-electron chi connectivity index (χ3n) is 5.22. The van der Waals surface area contributed by atoms with Gasteiger partial charge in [-0.05, 0) is 49.7 Å². The Morgan fingerprint density at radius 3 is 2.74 bits per heavy atom. The third-order valence-corrected chi connectivity index (χ3v) is 5.22. The second-order valence-electron chi connectivity index (χ2n) is 6.67. The number of fused-ring (bicyclic) bond motifs is 3. The lowest BCUT2D eigenvalue weighted by Gasteiger charge is -2.31. The molecule has 3 nitrogen and oxygen atoms in total. The van der Waals surface area contributed by atoms with Gasteiger partial charge in [0.25, 0.3) is 0 Å². The standard InChI is InChI=1S/C20H23N3/c1-15-13-20-18(14-22(15)2)17-5-3-4-6-19(17)23(20)12-9-16-7-10-21-11-8-16/h3-8,10-11,15H,9,12-14H2,1-2H3. The Bertz CT molecular complexity index is 820. The predicted molar refractivity (Wildman–Crippen MR) is 94.5 cm³/mol. The van der Waals surface area contributed by atoms with E-state index in [4.69, 9.17) is 0 Å². The third kappa shape index (κ3) is 2.55. The highest BCUT2D eigenvalue weighted by molar-refractivity contribution is 5.85. The van der Waals surface area contributed by atoms with Crippen LogP contribution in [0.5, 0.6) is 0 Å². The monoisotopic (exact) mass is 305 g/mol. The number of hydrogen-bond acceptors (Lipinski definition) is 2. The number of aryl methyl sites for hydroxylation is 2. The Kier molecular flexibility index (Phi) is 3.66. The molecule has 0 saturated carbocycles. The van der Waals surface area contributed by atoms with E-state index >= 15 is 0 Å². The molecule has 3 heterocycles. The summed E-state index contributed by atoms with van der Waals surface area (Å²) in [7, 11) is 2.23. The van der Waals surface area contributed by atoms with Gasteiger partial charge in [-0.1, -0.05) is 18.2 Å². The number of likely N-dealkylation sites (N-methyl/N-ethyl adjacent to an activating group) is 1. The molecule has 118 valence electrons. The SMILES string of the molecule is CC1Cc2c(c3ccccc3n2CCc2ccncc2)CN1C.